The van der Waals surface area contributed by atoms with E-state index in [4.69, 9.17) is 16.2 Å². The van der Waals surface area contributed by atoms with Gasteiger partial charge in [-0.05, 0) is 11.5 Å². The first-order valence-corrected chi connectivity index (χ1v) is 6.51. The van der Waals surface area contributed by atoms with E-state index in [0.717, 1.165) is 5.56 Å². The van der Waals surface area contributed by atoms with Crippen molar-refractivity contribution in [3.63, 3.8) is 0 Å². The van der Waals surface area contributed by atoms with Crippen LogP contribution in [0.5, 0.6) is 0 Å². The fourth-order valence-corrected chi connectivity index (χ4v) is 1.87. The van der Waals surface area contributed by atoms with Gasteiger partial charge in [0.05, 0.1) is 6.42 Å². The average molecular weight is 287 g/mol. The molecule has 0 fully saturated rings. The highest BCUT2D eigenvalue weighted by Gasteiger charge is 2.13. The fourth-order valence-electron chi connectivity index (χ4n) is 1.87. The highest BCUT2D eigenvalue weighted by Crippen LogP contribution is 2.19. The molecule has 4 N–H and O–H groups in total. The first kappa shape index (κ1) is 14.7. The second-order valence-corrected chi connectivity index (χ2v) is 4.64. The largest absolute Gasteiger partial charge is 0.457 e. The Bertz CT molecular complexity index is 598. The molecule has 1 heterocycles. The Morgan fingerprint density at radius 3 is 2.38 bits per heavy atom. The fraction of sp³-hybridized carbons (Fsp3) is 0.286. The van der Waals surface area contributed by atoms with Gasteiger partial charge in [0.15, 0.2) is 12.4 Å². The van der Waals surface area contributed by atoms with Gasteiger partial charge in [0, 0.05) is 0 Å². The normalized spacial score (nSPS) is 11.9. The number of carbonyl (C=O) groups is 1. The van der Waals surface area contributed by atoms with Crippen molar-refractivity contribution < 1.29 is 9.53 Å². The van der Waals surface area contributed by atoms with Gasteiger partial charge in [-0.3, -0.25) is 4.79 Å². The van der Waals surface area contributed by atoms with Crippen LogP contribution in [0, 0.1) is 0 Å². The standard InChI is InChI=1S/C14H17N5O2/c1-9(10-5-3-2-4-6-10)7-12(20)21-8-11-17-13(15)19-14(16)18-11/h2-6,9H,7-8H2,1H3,(H4,15,16,17,18,19). The summed E-state index contributed by atoms with van der Waals surface area (Å²) in [6, 6.07) is 9.77. The number of anilines is 2. The third kappa shape index (κ3) is 4.41. The highest BCUT2D eigenvalue weighted by molar-refractivity contribution is 5.70. The summed E-state index contributed by atoms with van der Waals surface area (Å²) in [5.41, 5.74) is 12.0. The zero-order chi connectivity index (χ0) is 15.2. The van der Waals surface area contributed by atoms with E-state index in [1.165, 1.54) is 0 Å². The van der Waals surface area contributed by atoms with E-state index in [2.05, 4.69) is 15.0 Å². The molecule has 21 heavy (non-hydrogen) atoms. The molecule has 0 amide bonds. The predicted molar refractivity (Wildman–Crippen MR) is 77.9 cm³/mol. The topological polar surface area (TPSA) is 117 Å². The van der Waals surface area contributed by atoms with Gasteiger partial charge in [-0.1, -0.05) is 37.3 Å². The third-order valence-electron chi connectivity index (χ3n) is 2.92. The molecule has 1 aromatic heterocycles. The third-order valence-corrected chi connectivity index (χ3v) is 2.92. The van der Waals surface area contributed by atoms with E-state index in [1.54, 1.807) is 0 Å². The summed E-state index contributed by atoms with van der Waals surface area (Å²) < 4.78 is 5.13. The molecular formula is C14H17N5O2. The molecule has 0 saturated carbocycles. The van der Waals surface area contributed by atoms with Gasteiger partial charge in [0.2, 0.25) is 11.9 Å². The van der Waals surface area contributed by atoms with Gasteiger partial charge in [0.25, 0.3) is 0 Å². The zero-order valence-electron chi connectivity index (χ0n) is 11.7. The molecule has 7 heteroatoms. The van der Waals surface area contributed by atoms with E-state index >= 15 is 0 Å². The van der Waals surface area contributed by atoms with Crippen LogP contribution in [0.2, 0.25) is 0 Å². The van der Waals surface area contributed by atoms with Crippen LogP contribution in [0.1, 0.15) is 30.7 Å². The van der Waals surface area contributed by atoms with Crippen LogP contribution in [0.4, 0.5) is 11.9 Å². The number of nitrogens with two attached hydrogens (primary N) is 2. The maximum Gasteiger partial charge on any atom is 0.306 e. The summed E-state index contributed by atoms with van der Waals surface area (Å²) >= 11 is 0. The molecule has 0 radical (unpaired) electrons. The van der Waals surface area contributed by atoms with Crippen molar-refractivity contribution in [1.82, 2.24) is 15.0 Å². The first-order chi connectivity index (χ1) is 10.0. The molecule has 1 aromatic carbocycles. The number of aromatic nitrogens is 3. The van der Waals surface area contributed by atoms with Gasteiger partial charge in [-0.15, -0.1) is 0 Å². The van der Waals surface area contributed by atoms with Crippen LogP contribution < -0.4 is 11.5 Å². The van der Waals surface area contributed by atoms with E-state index < -0.39 is 0 Å². The van der Waals surface area contributed by atoms with Gasteiger partial charge in [-0.2, -0.15) is 15.0 Å². The molecule has 1 unspecified atom stereocenters. The minimum atomic E-state index is -0.330. The second kappa shape index (κ2) is 6.65. The quantitative estimate of drug-likeness (QED) is 0.795. The minimum Gasteiger partial charge on any atom is -0.457 e. The number of esters is 1. The van der Waals surface area contributed by atoms with Crippen LogP contribution in [0.3, 0.4) is 0 Å². The Balaban J connectivity index is 1.87. The van der Waals surface area contributed by atoms with E-state index in [1.807, 2.05) is 37.3 Å². The van der Waals surface area contributed by atoms with Gasteiger partial charge in [-0.25, -0.2) is 0 Å². The maximum atomic E-state index is 11.8. The summed E-state index contributed by atoms with van der Waals surface area (Å²) in [6.45, 7) is 1.90. The van der Waals surface area contributed by atoms with Crippen molar-refractivity contribution in [1.29, 1.82) is 0 Å². The number of ether oxygens (including phenoxy) is 1. The monoisotopic (exact) mass is 287 g/mol. The molecule has 1 atom stereocenters. The zero-order valence-corrected chi connectivity index (χ0v) is 11.7. The lowest BCUT2D eigenvalue weighted by molar-refractivity contribution is -0.145. The van der Waals surface area contributed by atoms with Crippen molar-refractivity contribution in [2.24, 2.45) is 0 Å². The Kier molecular flexibility index (Phi) is 4.65. The molecule has 0 aliphatic carbocycles. The Labute approximate surface area is 122 Å². The molecule has 0 bridgehead atoms. The number of rotatable bonds is 5. The Morgan fingerprint density at radius 2 is 1.76 bits per heavy atom. The smallest absolute Gasteiger partial charge is 0.306 e. The summed E-state index contributed by atoms with van der Waals surface area (Å²) in [6.07, 6.45) is 0.278. The number of benzene rings is 1. The average Bonchev–Trinajstić information content (AvgIpc) is 2.45. The lowest BCUT2D eigenvalue weighted by Crippen LogP contribution is -2.12. The summed E-state index contributed by atoms with van der Waals surface area (Å²) in [5.74, 6) is -0.00535. The molecule has 7 nitrogen and oxygen atoms in total. The number of hydrogen-bond donors (Lipinski definition) is 2. The second-order valence-electron chi connectivity index (χ2n) is 4.64. The molecular weight excluding hydrogens is 270 g/mol. The van der Waals surface area contributed by atoms with Crippen LogP contribution in [-0.2, 0) is 16.1 Å². The van der Waals surface area contributed by atoms with Gasteiger partial charge >= 0.3 is 5.97 Å². The number of hydrogen-bond acceptors (Lipinski definition) is 7. The van der Waals surface area contributed by atoms with Crippen molar-refractivity contribution in [2.45, 2.75) is 25.9 Å². The van der Waals surface area contributed by atoms with Crippen molar-refractivity contribution in [3.05, 3.63) is 41.7 Å². The molecule has 2 rings (SSSR count). The van der Waals surface area contributed by atoms with Crippen molar-refractivity contribution in [3.8, 4) is 0 Å². The van der Waals surface area contributed by atoms with Crippen LogP contribution in [0.25, 0.3) is 0 Å². The van der Waals surface area contributed by atoms with Gasteiger partial charge < -0.3 is 16.2 Å². The predicted octanol–water partition coefficient (Wildman–Crippen LogP) is 1.27. The molecule has 0 aliphatic rings. The molecule has 0 aliphatic heterocycles. The number of carbonyl (C=O) groups excluding carboxylic acids is 1. The van der Waals surface area contributed by atoms with Gasteiger partial charge in [0.1, 0.15) is 0 Å². The van der Waals surface area contributed by atoms with Crippen LogP contribution >= 0.6 is 0 Å². The molecule has 110 valence electrons. The first-order valence-electron chi connectivity index (χ1n) is 6.51. The van der Waals surface area contributed by atoms with Crippen LogP contribution in [-0.4, -0.2) is 20.9 Å². The highest BCUT2D eigenvalue weighted by atomic mass is 16.5. The summed E-state index contributed by atoms with van der Waals surface area (Å²) in [5, 5.41) is 0. The van der Waals surface area contributed by atoms with Crippen molar-refractivity contribution in [2.75, 3.05) is 11.5 Å². The van der Waals surface area contributed by atoms with E-state index in [9.17, 15) is 4.79 Å². The minimum absolute atomic E-state index is 0.00574. The Morgan fingerprint density at radius 1 is 1.14 bits per heavy atom. The Hall–Kier alpha value is -2.70. The lowest BCUT2D eigenvalue weighted by Gasteiger charge is -2.11. The molecule has 0 saturated heterocycles. The SMILES string of the molecule is CC(CC(=O)OCc1nc(N)nc(N)n1)c1ccccc1. The summed E-state index contributed by atoms with van der Waals surface area (Å²) in [7, 11) is 0. The van der Waals surface area contributed by atoms with E-state index in [0.29, 0.717) is 0 Å². The molecule has 0 spiro atoms. The number of nitrogens with zero attached hydrogens (tertiary/aromatic N) is 3. The van der Waals surface area contributed by atoms with Crippen LogP contribution in [0.15, 0.2) is 30.3 Å². The number of nitrogen functional groups attached to an aromatic ring is 2. The summed E-state index contributed by atoms with van der Waals surface area (Å²) in [4.78, 5) is 23.1. The van der Waals surface area contributed by atoms with E-state index in [-0.39, 0.29) is 42.6 Å². The maximum absolute atomic E-state index is 11.8. The molecule has 2 aromatic rings. The van der Waals surface area contributed by atoms with Crippen molar-refractivity contribution >= 4 is 17.9 Å². The lowest BCUT2D eigenvalue weighted by atomic mass is 9.98.